The summed E-state index contributed by atoms with van der Waals surface area (Å²) in [5, 5.41) is 0. The minimum Gasteiger partial charge on any atom is -0.378 e. The van der Waals surface area contributed by atoms with E-state index in [0.29, 0.717) is 5.92 Å². The van der Waals surface area contributed by atoms with E-state index in [-0.39, 0.29) is 0 Å². The fourth-order valence-electron chi connectivity index (χ4n) is 1.40. The summed E-state index contributed by atoms with van der Waals surface area (Å²) in [6.07, 6.45) is 10.5. The molecule has 1 rings (SSSR count). The number of hydrogen-bond donors (Lipinski definition) is 0. The first-order chi connectivity index (χ1) is 5.83. The van der Waals surface area contributed by atoms with Gasteiger partial charge in [-0.1, -0.05) is 19.1 Å². The van der Waals surface area contributed by atoms with Crippen LogP contribution in [-0.2, 0) is 0 Å². The third kappa shape index (κ3) is 3.12. The van der Waals surface area contributed by atoms with E-state index >= 15 is 0 Å². The molecule has 0 aliphatic carbocycles. The van der Waals surface area contributed by atoms with Crippen molar-refractivity contribution in [2.75, 3.05) is 13.1 Å². The monoisotopic (exact) mass is 165 g/mol. The summed E-state index contributed by atoms with van der Waals surface area (Å²) >= 11 is 0. The van der Waals surface area contributed by atoms with Crippen LogP contribution in [-0.4, -0.2) is 18.0 Å². The minimum atomic E-state index is 0.506. The number of likely N-dealkylation sites (tertiary alicyclic amines) is 1. The molecule has 0 aromatic carbocycles. The molecule has 1 heteroatoms. The predicted octanol–water partition coefficient (Wildman–Crippen LogP) is 2.81. The summed E-state index contributed by atoms with van der Waals surface area (Å²) < 4.78 is 0. The molecular weight excluding hydrogens is 146 g/mol. The molecule has 1 nitrogen and oxygen atoms in total. The van der Waals surface area contributed by atoms with Crippen molar-refractivity contribution < 1.29 is 0 Å². The van der Waals surface area contributed by atoms with Crippen molar-refractivity contribution in [3.63, 3.8) is 0 Å². The number of nitrogens with zero attached hydrogens (tertiary/aromatic N) is 1. The van der Waals surface area contributed by atoms with Gasteiger partial charge in [-0.15, -0.1) is 6.58 Å². The molecule has 0 radical (unpaired) electrons. The molecule has 0 aromatic heterocycles. The molecule has 1 heterocycles. The van der Waals surface area contributed by atoms with Gasteiger partial charge in [0.05, 0.1) is 0 Å². The molecule has 0 amide bonds. The molecule has 0 bridgehead atoms. The predicted molar refractivity (Wildman–Crippen MR) is 53.9 cm³/mol. The molecule has 0 N–H and O–H groups in total. The Morgan fingerprint density at radius 3 is 2.50 bits per heavy atom. The van der Waals surface area contributed by atoms with Crippen molar-refractivity contribution in [3.05, 3.63) is 24.9 Å². The molecule has 0 aromatic rings. The first-order valence-electron chi connectivity index (χ1n) is 4.88. The summed E-state index contributed by atoms with van der Waals surface area (Å²) in [5.74, 6) is 0.506. The lowest BCUT2D eigenvalue weighted by Gasteiger charge is -2.25. The highest BCUT2D eigenvalue weighted by Gasteiger charge is 2.04. The molecule has 1 fully saturated rings. The lowest BCUT2D eigenvalue weighted by atomic mass is 10.1. The van der Waals surface area contributed by atoms with Crippen molar-refractivity contribution in [3.8, 4) is 0 Å². The average molecular weight is 165 g/mol. The average Bonchev–Trinajstić information content (AvgIpc) is 2.16. The smallest absolute Gasteiger partial charge is 0.0172 e. The van der Waals surface area contributed by atoms with E-state index in [2.05, 4.69) is 30.7 Å². The van der Waals surface area contributed by atoms with Gasteiger partial charge >= 0.3 is 0 Å². The molecule has 1 saturated heterocycles. The zero-order valence-corrected chi connectivity index (χ0v) is 8.00. The number of hydrogen-bond acceptors (Lipinski definition) is 1. The van der Waals surface area contributed by atoms with Crippen LogP contribution in [0.25, 0.3) is 0 Å². The van der Waals surface area contributed by atoms with Crippen LogP contribution in [0, 0.1) is 5.92 Å². The van der Waals surface area contributed by atoms with Crippen LogP contribution in [0.4, 0.5) is 0 Å². The Morgan fingerprint density at radius 1 is 1.25 bits per heavy atom. The van der Waals surface area contributed by atoms with Crippen LogP contribution in [0.1, 0.15) is 26.2 Å². The van der Waals surface area contributed by atoms with Gasteiger partial charge in [-0.25, -0.2) is 0 Å². The van der Waals surface area contributed by atoms with E-state index in [9.17, 15) is 0 Å². The maximum absolute atomic E-state index is 3.75. The standard InChI is InChI=1S/C11H19N/c1-3-11(2)7-10-12-8-5-4-6-9-12/h3,7,10-11H,1,4-6,8-9H2,2H3. The summed E-state index contributed by atoms with van der Waals surface area (Å²) in [4.78, 5) is 2.41. The summed E-state index contributed by atoms with van der Waals surface area (Å²) in [5.41, 5.74) is 0. The Morgan fingerprint density at radius 2 is 1.92 bits per heavy atom. The van der Waals surface area contributed by atoms with E-state index in [1.807, 2.05) is 6.08 Å². The largest absolute Gasteiger partial charge is 0.378 e. The number of piperidine rings is 1. The van der Waals surface area contributed by atoms with E-state index in [4.69, 9.17) is 0 Å². The van der Waals surface area contributed by atoms with Crippen molar-refractivity contribution in [2.45, 2.75) is 26.2 Å². The van der Waals surface area contributed by atoms with Crippen LogP contribution in [0.5, 0.6) is 0 Å². The van der Waals surface area contributed by atoms with Crippen LogP contribution in [0.3, 0.4) is 0 Å². The van der Waals surface area contributed by atoms with Gasteiger partial charge in [0.25, 0.3) is 0 Å². The second-order valence-electron chi connectivity index (χ2n) is 3.53. The van der Waals surface area contributed by atoms with Gasteiger partial charge in [-0.2, -0.15) is 0 Å². The molecule has 0 spiro atoms. The second kappa shape index (κ2) is 5.02. The molecule has 12 heavy (non-hydrogen) atoms. The van der Waals surface area contributed by atoms with E-state index in [0.717, 1.165) is 0 Å². The Bertz CT molecular complexity index is 154. The van der Waals surface area contributed by atoms with Gasteiger partial charge in [0.15, 0.2) is 0 Å². The molecule has 1 aliphatic rings. The zero-order chi connectivity index (χ0) is 8.81. The van der Waals surface area contributed by atoms with E-state index < -0.39 is 0 Å². The minimum absolute atomic E-state index is 0.506. The molecular formula is C11H19N. The fourth-order valence-corrected chi connectivity index (χ4v) is 1.40. The van der Waals surface area contributed by atoms with E-state index in [1.54, 1.807) is 0 Å². The fraction of sp³-hybridized carbons (Fsp3) is 0.636. The Labute approximate surface area is 75.8 Å². The first kappa shape index (κ1) is 9.37. The maximum atomic E-state index is 3.75. The quantitative estimate of drug-likeness (QED) is 0.581. The van der Waals surface area contributed by atoms with Crippen molar-refractivity contribution in [1.82, 2.24) is 4.90 Å². The van der Waals surface area contributed by atoms with Gasteiger partial charge in [0, 0.05) is 13.1 Å². The normalized spacial score (nSPS) is 21.2. The molecule has 1 aliphatic heterocycles. The van der Waals surface area contributed by atoms with Gasteiger partial charge in [-0.3, -0.25) is 0 Å². The lowest BCUT2D eigenvalue weighted by molar-refractivity contribution is 0.308. The molecule has 1 atom stereocenters. The van der Waals surface area contributed by atoms with Gasteiger partial charge in [0.2, 0.25) is 0 Å². The van der Waals surface area contributed by atoms with E-state index in [1.165, 1.54) is 32.4 Å². The summed E-state index contributed by atoms with van der Waals surface area (Å²) in [6.45, 7) is 8.39. The highest BCUT2D eigenvalue weighted by atomic mass is 15.1. The number of allylic oxidation sites excluding steroid dienone is 2. The summed E-state index contributed by atoms with van der Waals surface area (Å²) in [6, 6.07) is 0. The molecule has 68 valence electrons. The molecule has 0 saturated carbocycles. The van der Waals surface area contributed by atoms with Gasteiger partial charge in [0.1, 0.15) is 0 Å². The Kier molecular flexibility index (Phi) is 3.92. The van der Waals surface area contributed by atoms with Crippen molar-refractivity contribution in [2.24, 2.45) is 5.92 Å². The Balaban J connectivity index is 2.28. The van der Waals surface area contributed by atoms with Crippen LogP contribution in [0.15, 0.2) is 24.9 Å². The Hall–Kier alpha value is -0.720. The third-order valence-electron chi connectivity index (χ3n) is 2.36. The highest BCUT2D eigenvalue weighted by molar-refractivity contribution is 4.95. The topological polar surface area (TPSA) is 3.24 Å². The van der Waals surface area contributed by atoms with Crippen molar-refractivity contribution in [1.29, 1.82) is 0 Å². The third-order valence-corrected chi connectivity index (χ3v) is 2.36. The zero-order valence-electron chi connectivity index (χ0n) is 8.00. The highest BCUT2D eigenvalue weighted by Crippen LogP contribution is 2.09. The second-order valence-corrected chi connectivity index (χ2v) is 3.53. The lowest BCUT2D eigenvalue weighted by Crippen LogP contribution is -2.24. The summed E-state index contributed by atoms with van der Waals surface area (Å²) in [7, 11) is 0. The maximum Gasteiger partial charge on any atom is 0.0172 e. The van der Waals surface area contributed by atoms with Crippen LogP contribution < -0.4 is 0 Å². The number of rotatable bonds is 3. The van der Waals surface area contributed by atoms with Gasteiger partial charge < -0.3 is 4.90 Å². The van der Waals surface area contributed by atoms with Gasteiger partial charge in [-0.05, 0) is 31.4 Å². The first-order valence-corrected chi connectivity index (χ1v) is 4.88. The molecule has 1 unspecified atom stereocenters. The van der Waals surface area contributed by atoms with Crippen molar-refractivity contribution >= 4 is 0 Å². The SMILES string of the molecule is C=CC(C)C=CN1CCCCC1. The van der Waals surface area contributed by atoms with Crippen LogP contribution >= 0.6 is 0 Å². The van der Waals surface area contributed by atoms with Crippen LogP contribution in [0.2, 0.25) is 0 Å².